The Morgan fingerprint density at radius 1 is 1.08 bits per heavy atom. The molecule has 0 spiro atoms. The van der Waals surface area contributed by atoms with Crippen LogP contribution in [0.4, 0.5) is 4.79 Å². The van der Waals surface area contributed by atoms with Gasteiger partial charge < -0.3 is 20.1 Å². The molecule has 2 N–H and O–H groups in total. The normalized spacial score (nSPS) is 21.4. The van der Waals surface area contributed by atoms with Crippen molar-refractivity contribution >= 4 is 11.9 Å². The molecule has 0 radical (unpaired) electrons. The fraction of sp³-hybridized carbons (Fsp3) is 0.588. The molecule has 2 saturated heterocycles. The van der Waals surface area contributed by atoms with Crippen LogP contribution in [0.1, 0.15) is 42.5 Å². The number of pyridine rings is 1. The van der Waals surface area contributed by atoms with E-state index in [1.165, 1.54) is 12.3 Å². The monoisotopic (exact) mass is 332 g/mol. The SMILES string of the molecule is O=C(N[C@H]1CCCCN(C(=O)N2CCCC2)C1)c1ccc[nH]c1=O. The van der Waals surface area contributed by atoms with Crippen molar-refractivity contribution in [2.24, 2.45) is 0 Å². The Morgan fingerprint density at radius 2 is 1.79 bits per heavy atom. The standard InChI is InChI=1S/C17H24N4O3/c22-15-14(7-5-8-18-15)16(23)19-13-6-1-2-11-21(12-13)17(24)20-9-3-4-10-20/h5,7-8,13H,1-4,6,9-12H2,(H,18,22)(H,19,23)/t13-/m0/s1. The number of amides is 3. The number of rotatable bonds is 2. The second-order valence-electron chi connectivity index (χ2n) is 6.50. The summed E-state index contributed by atoms with van der Waals surface area (Å²) in [5, 5.41) is 2.92. The summed E-state index contributed by atoms with van der Waals surface area (Å²) in [6.07, 6.45) is 6.35. The first kappa shape index (κ1) is 16.5. The van der Waals surface area contributed by atoms with Crippen LogP contribution in [0, 0.1) is 0 Å². The van der Waals surface area contributed by atoms with Crippen LogP contribution in [0.2, 0.25) is 0 Å². The number of nitrogens with zero attached hydrogens (tertiary/aromatic N) is 2. The van der Waals surface area contributed by atoms with Crippen molar-refractivity contribution in [3.63, 3.8) is 0 Å². The molecule has 1 atom stereocenters. The Morgan fingerprint density at radius 3 is 2.54 bits per heavy atom. The molecule has 0 aromatic carbocycles. The van der Waals surface area contributed by atoms with Gasteiger partial charge in [-0.3, -0.25) is 9.59 Å². The molecule has 130 valence electrons. The highest BCUT2D eigenvalue weighted by Crippen LogP contribution is 2.16. The highest BCUT2D eigenvalue weighted by Gasteiger charge is 2.28. The summed E-state index contributed by atoms with van der Waals surface area (Å²) in [5.74, 6) is -0.377. The maximum atomic E-state index is 12.6. The van der Waals surface area contributed by atoms with Crippen LogP contribution in [0.25, 0.3) is 0 Å². The molecule has 0 saturated carbocycles. The Hall–Kier alpha value is -2.31. The third-order valence-corrected chi connectivity index (χ3v) is 4.72. The summed E-state index contributed by atoms with van der Waals surface area (Å²) in [6, 6.07) is 3.10. The van der Waals surface area contributed by atoms with E-state index in [4.69, 9.17) is 0 Å². The Labute approximate surface area is 141 Å². The molecule has 0 unspecified atom stereocenters. The van der Waals surface area contributed by atoms with Gasteiger partial charge in [-0.1, -0.05) is 0 Å². The lowest BCUT2D eigenvalue weighted by Crippen LogP contribution is -2.49. The van der Waals surface area contributed by atoms with Crippen LogP contribution in [0.3, 0.4) is 0 Å². The number of hydrogen-bond donors (Lipinski definition) is 2. The zero-order valence-electron chi connectivity index (χ0n) is 13.8. The fourth-order valence-electron chi connectivity index (χ4n) is 3.41. The van der Waals surface area contributed by atoms with Gasteiger partial charge in [-0.15, -0.1) is 0 Å². The van der Waals surface area contributed by atoms with E-state index in [2.05, 4.69) is 10.3 Å². The zero-order valence-corrected chi connectivity index (χ0v) is 13.8. The van der Waals surface area contributed by atoms with Gasteiger partial charge in [0.05, 0.1) is 0 Å². The number of aromatic amines is 1. The molecule has 7 heteroatoms. The first-order valence-electron chi connectivity index (χ1n) is 8.67. The molecule has 0 aliphatic carbocycles. The van der Waals surface area contributed by atoms with Crippen molar-refractivity contribution < 1.29 is 9.59 Å². The number of carbonyl (C=O) groups excluding carboxylic acids is 2. The molecule has 24 heavy (non-hydrogen) atoms. The zero-order chi connectivity index (χ0) is 16.9. The van der Waals surface area contributed by atoms with Crippen molar-refractivity contribution in [2.75, 3.05) is 26.2 Å². The minimum absolute atomic E-state index is 0.0752. The molecular weight excluding hydrogens is 308 g/mol. The van der Waals surface area contributed by atoms with Crippen LogP contribution >= 0.6 is 0 Å². The maximum absolute atomic E-state index is 12.6. The topological polar surface area (TPSA) is 85.5 Å². The van der Waals surface area contributed by atoms with Crippen LogP contribution in [-0.4, -0.2) is 58.9 Å². The van der Waals surface area contributed by atoms with Crippen LogP contribution in [0.15, 0.2) is 23.1 Å². The average molecular weight is 332 g/mol. The molecular formula is C17H24N4O3. The third kappa shape index (κ3) is 3.77. The molecule has 2 aliphatic heterocycles. The Bertz CT molecular complexity index is 651. The van der Waals surface area contributed by atoms with E-state index in [0.29, 0.717) is 6.54 Å². The van der Waals surface area contributed by atoms with Gasteiger partial charge in [0.25, 0.3) is 11.5 Å². The second-order valence-corrected chi connectivity index (χ2v) is 6.50. The molecule has 2 fully saturated rings. The van der Waals surface area contributed by atoms with Gasteiger partial charge in [-0.05, 0) is 44.2 Å². The average Bonchev–Trinajstić information content (AvgIpc) is 3.02. The fourth-order valence-corrected chi connectivity index (χ4v) is 3.41. The van der Waals surface area contributed by atoms with Gasteiger partial charge in [0.1, 0.15) is 5.56 Å². The van der Waals surface area contributed by atoms with Gasteiger partial charge in [0.2, 0.25) is 0 Å². The third-order valence-electron chi connectivity index (χ3n) is 4.72. The second kappa shape index (κ2) is 7.51. The van der Waals surface area contributed by atoms with E-state index in [1.807, 2.05) is 9.80 Å². The molecule has 3 rings (SSSR count). The van der Waals surface area contributed by atoms with Gasteiger partial charge >= 0.3 is 6.03 Å². The number of carbonyl (C=O) groups is 2. The van der Waals surface area contributed by atoms with Crippen molar-refractivity contribution in [1.82, 2.24) is 20.1 Å². The lowest BCUT2D eigenvalue weighted by atomic mass is 10.1. The van der Waals surface area contributed by atoms with E-state index in [-0.39, 0.29) is 23.5 Å². The number of aromatic nitrogens is 1. The van der Waals surface area contributed by atoms with Gasteiger partial charge in [0.15, 0.2) is 0 Å². The Balaban J connectivity index is 1.64. The van der Waals surface area contributed by atoms with E-state index in [0.717, 1.165) is 51.7 Å². The Kier molecular flexibility index (Phi) is 5.17. The predicted molar refractivity (Wildman–Crippen MR) is 89.9 cm³/mol. The smallest absolute Gasteiger partial charge is 0.320 e. The van der Waals surface area contributed by atoms with E-state index < -0.39 is 5.56 Å². The van der Waals surface area contributed by atoms with Crippen LogP contribution in [-0.2, 0) is 0 Å². The lowest BCUT2D eigenvalue weighted by molar-refractivity contribution is 0.0923. The number of nitrogens with one attached hydrogen (secondary N) is 2. The lowest BCUT2D eigenvalue weighted by Gasteiger charge is -2.29. The quantitative estimate of drug-likeness (QED) is 0.852. The highest BCUT2D eigenvalue weighted by atomic mass is 16.2. The van der Waals surface area contributed by atoms with Gasteiger partial charge in [-0.25, -0.2) is 4.79 Å². The molecule has 0 bridgehead atoms. The first-order valence-corrected chi connectivity index (χ1v) is 8.67. The van der Waals surface area contributed by atoms with Crippen LogP contribution < -0.4 is 10.9 Å². The molecule has 3 heterocycles. The van der Waals surface area contributed by atoms with Crippen molar-refractivity contribution in [3.8, 4) is 0 Å². The number of H-pyrrole nitrogens is 1. The van der Waals surface area contributed by atoms with Crippen molar-refractivity contribution in [1.29, 1.82) is 0 Å². The van der Waals surface area contributed by atoms with E-state index >= 15 is 0 Å². The molecule has 1 aromatic rings. The van der Waals surface area contributed by atoms with E-state index in [9.17, 15) is 14.4 Å². The van der Waals surface area contributed by atoms with E-state index in [1.54, 1.807) is 6.07 Å². The molecule has 1 aromatic heterocycles. The number of urea groups is 1. The van der Waals surface area contributed by atoms with Crippen LogP contribution in [0.5, 0.6) is 0 Å². The molecule has 7 nitrogen and oxygen atoms in total. The summed E-state index contributed by atoms with van der Waals surface area (Å²) in [7, 11) is 0. The minimum atomic E-state index is -0.395. The summed E-state index contributed by atoms with van der Waals surface area (Å²) in [6.45, 7) is 2.89. The summed E-state index contributed by atoms with van der Waals surface area (Å²) >= 11 is 0. The van der Waals surface area contributed by atoms with Crippen molar-refractivity contribution in [3.05, 3.63) is 34.2 Å². The minimum Gasteiger partial charge on any atom is -0.347 e. The van der Waals surface area contributed by atoms with Gasteiger partial charge in [0, 0.05) is 38.4 Å². The summed E-state index contributed by atoms with van der Waals surface area (Å²) in [5.41, 5.74) is -0.284. The summed E-state index contributed by atoms with van der Waals surface area (Å²) in [4.78, 5) is 42.9. The predicted octanol–water partition coefficient (Wildman–Crippen LogP) is 1.18. The number of likely N-dealkylation sites (tertiary alicyclic amines) is 2. The molecule has 3 amide bonds. The molecule has 2 aliphatic rings. The maximum Gasteiger partial charge on any atom is 0.320 e. The largest absolute Gasteiger partial charge is 0.347 e. The highest BCUT2D eigenvalue weighted by molar-refractivity contribution is 5.94. The van der Waals surface area contributed by atoms with Gasteiger partial charge in [-0.2, -0.15) is 0 Å². The number of hydrogen-bond acceptors (Lipinski definition) is 3. The summed E-state index contributed by atoms with van der Waals surface area (Å²) < 4.78 is 0. The first-order chi connectivity index (χ1) is 11.6. The van der Waals surface area contributed by atoms with Crippen molar-refractivity contribution in [2.45, 2.75) is 38.1 Å².